The Morgan fingerprint density at radius 3 is 2.14 bits per heavy atom. The molecule has 0 aromatic carbocycles. The lowest BCUT2D eigenvalue weighted by Crippen LogP contribution is -2.59. The maximum Gasteiger partial charge on any atom is 0.109 e. The van der Waals surface area contributed by atoms with Crippen molar-refractivity contribution in [2.24, 2.45) is 11.8 Å². The van der Waals surface area contributed by atoms with Gasteiger partial charge in [0.1, 0.15) is 6.10 Å². The highest BCUT2D eigenvalue weighted by atomic mass is 16.5. The molecule has 0 radical (unpaired) electrons. The van der Waals surface area contributed by atoms with Crippen molar-refractivity contribution in [3.8, 4) is 0 Å². The van der Waals surface area contributed by atoms with E-state index in [4.69, 9.17) is 4.74 Å². The molecule has 0 aromatic heterocycles. The van der Waals surface area contributed by atoms with E-state index in [9.17, 15) is 10.2 Å². The van der Waals surface area contributed by atoms with Gasteiger partial charge in [-0.25, -0.2) is 0 Å². The number of hydrogen-bond donors (Lipinski definition) is 2. The Balaban J connectivity index is 2.85. The Morgan fingerprint density at radius 2 is 1.71 bits per heavy atom. The molecule has 1 aliphatic rings. The second-order valence-corrected chi connectivity index (χ2v) is 5.22. The molecule has 84 valence electrons. The van der Waals surface area contributed by atoms with Crippen molar-refractivity contribution in [1.82, 2.24) is 0 Å². The average molecular weight is 202 g/mol. The predicted octanol–water partition coefficient (Wildman–Crippen LogP) is 1.18. The molecule has 1 heterocycles. The number of aliphatic hydroxyl groups is 2. The molecule has 0 amide bonds. The van der Waals surface area contributed by atoms with Gasteiger partial charge in [-0.15, -0.1) is 0 Å². The molecule has 3 nitrogen and oxygen atoms in total. The number of aliphatic hydroxyl groups excluding tert-OH is 2. The minimum atomic E-state index is -0.799. The minimum absolute atomic E-state index is 0.0157. The lowest BCUT2D eigenvalue weighted by Gasteiger charge is -2.47. The van der Waals surface area contributed by atoms with Crippen LogP contribution in [0.5, 0.6) is 0 Å². The lowest BCUT2D eigenvalue weighted by atomic mass is 9.79. The molecule has 1 fully saturated rings. The molecule has 0 spiro atoms. The van der Waals surface area contributed by atoms with E-state index in [0.717, 1.165) is 0 Å². The molecule has 1 rings (SSSR count). The number of ether oxygens (including phenoxy) is 1. The first-order chi connectivity index (χ1) is 6.27. The topological polar surface area (TPSA) is 49.7 Å². The molecule has 4 atom stereocenters. The van der Waals surface area contributed by atoms with Gasteiger partial charge in [-0.2, -0.15) is 0 Å². The molecule has 3 heteroatoms. The van der Waals surface area contributed by atoms with Gasteiger partial charge in [-0.3, -0.25) is 0 Å². The molecule has 1 aliphatic heterocycles. The third-order valence-corrected chi connectivity index (χ3v) is 3.19. The van der Waals surface area contributed by atoms with E-state index in [1.54, 1.807) is 0 Å². The fourth-order valence-corrected chi connectivity index (χ4v) is 2.16. The summed E-state index contributed by atoms with van der Waals surface area (Å²) in [5.41, 5.74) is -0.652. The van der Waals surface area contributed by atoms with Gasteiger partial charge < -0.3 is 14.9 Å². The van der Waals surface area contributed by atoms with Crippen LogP contribution in [0.25, 0.3) is 0 Å². The van der Waals surface area contributed by atoms with E-state index >= 15 is 0 Å². The van der Waals surface area contributed by atoms with Gasteiger partial charge in [0.15, 0.2) is 0 Å². The molecular weight excluding hydrogens is 180 g/mol. The summed E-state index contributed by atoms with van der Waals surface area (Å²) >= 11 is 0. The molecule has 2 N–H and O–H groups in total. The first kappa shape index (κ1) is 12.0. The summed E-state index contributed by atoms with van der Waals surface area (Å²) in [5, 5.41) is 19.7. The van der Waals surface area contributed by atoms with Gasteiger partial charge in [-0.05, 0) is 19.8 Å². The van der Waals surface area contributed by atoms with Gasteiger partial charge in [0, 0.05) is 5.92 Å². The zero-order chi connectivity index (χ0) is 11.1. The highest BCUT2D eigenvalue weighted by molar-refractivity contribution is 4.96. The fourth-order valence-electron chi connectivity index (χ4n) is 2.16. The summed E-state index contributed by atoms with van der Waals surface area (Å²) in [6.45, 7) is 9.71. The molecule has 0 aromatic rings. The summed E-state index contributed by atoms with van der Waals surface area (Å²) in [7, 11) is 0. The van der Waals surface area contributed by atoms with Crippen LogP contribution in [0.3, 0.4) is 0 Å². The molecule has 1 saturated heterocycles. The van der Waals surface area contributed by atoms with Crippen molar-refractivity contribution in [2.75, 3.05) is 0 Å². The Morgan fingerprint density at radius 1 is 1.21 bits per heavy atom. The first-order valence-corrected chi connectivity index (χ1v) is 5.31. The van der Waals surface area contributed by atoms with Crippen molar-refractivity contribution in [3.05, 3.63) is 0 Å². The molecule has 0 saturated carbocycles. The van der Waals surface area contributed by atoms with Crippen LogP contribution in [0.15, 0.2) is 0 Å². The highest BCUT2D eigenvalue weighted by Gasteiger charge is 2.47. The molecule has 0 bridgehead atoms. The van der Waals surface area contributed by atoms with E-state index in [1.165, 1.54) is 0 Å². The van der Waals surface area contributed by atoms with Gasteiger partial charge >= 0.3 is 0 Å². The first-order valence-electron chi connectivity index (χ1n) is 5.31. The van der Waals surface area contributed by atoms with Crippen LogP contribution >= 0.6 is 0 Å². The minimum Gasteiger partial charge on any atom is -0.390 e. The number of hydrogen-bond acceptors (Lipinski definition) is 3. The summed E-state index contributed by atoms with van der Waals surface area (Å²) < 4.78 is 5.82. The standard InChI is InChI=1S/C11H22O3/c1-6(2)9-7(3)8(12)10(13)11(4,5)14-9/h6-10,12-13H,1-5H3. The predicted molar refractivity (Wildman–Crippen MR) is 55.0 cm³/mol. The van der Waals surface area contributed by atoms with E-state index in [0.29, 0.717) is 5.92 Å². The van der Waals surface area contributed by atoms with Crippen molar-refractivity contribution in [3.63, 3.8) is 0 Å². The Labute approximate surface area is 86.1 Å². The van der Waals surface area contributed by atoms with E-state index in [-0.39, 0.29) is 12.0 Å². The summed E-state index contributed by atoms with van der Waals surface area (Å²) in [6, 6.07) is 0. The van der Waals surface area contributed by atoms with Crippen LogP contribution in [0, 0.1) is 11.8 Å². The highest BCUT2D eigenvalue weighted by Crippen LogP contribution is 2.35. The second-order valence-electron chi connectivity index (χ2n) is 5.22. The largest absolute Gasteiger partial charge is 0.390 e. The van der Waals surface area contributed by atoms with E-state index in [1.807, 2.05) is 20.8 Å². The fraction of sp³-hybridized carbons (Fsp3) is 1.00. The second kappa shape index (κ2) is 3.80. The Kier molecular flexibility index (Phi) is 3.24. The van der Waals surface area contributed by atoms with Crippen LogP contribution in [0.4, 0.5) is 0 Å². The molecular formula is C11H22O3. The van der Waals surface area contributed by atoms with Crippen LogP contribution < -0.4 is 0 Å². The van der Waals surface area contributed by atoms with Crippen LogP contribution in [0.1, 0.15) is 34.6 Å². The van der Waals surface area contributed by atoms with Gasteiger partial charge in [-0.1, -0.05) is 20.8 Å². The van der Waals surface area contributed by atoms with Gasteiger partial charge in [0.2, 0.25) is 0 Å². The SMILES string of the molecule is CC(C)C1OC(C)(C)C(O)C(O)C1C. The Bertz CT molecular complexity index is 199. The van der Waals surface area contributed by atoms with Crippen LogP contribution in [-0.4, -0.2) is 34.1 Å². The lowest BCUT2D eigenvalue weighted by molar-refractivity contribution is -0.244. The summed E-state index contributed by atoms with van der Waals surface area (Å²) in [6.07, 6.45) is -1.47. The average Bonchev–Trinajstić information content (AvgIpc) is 2.08. The Hall–Kier alpha value is -0.120. The van der Waals surface area contributed by atoms with Gasteiger partial charge in [0.25, 0.3) is 0 Å². The summed E-state index contributed by atoms with van der Waals surface area (Å²) in [5.74, 6) is 0.337. The molecule has 14 heavy (non-hydrogen) atoms. The van der Waals surface area contributed by atoms with E-state index < -0.39 is 17.8 Å². The van der Waals surface area contributed by atoms with Crippen molar-refractivity contribution in [2.45, 2.75) is 58.5 Å². The normalized spacial score (nSPS) is 42.9. The quantitative estimate of drug-likeness (QED) is 0.671. The van der Waals surface area contributed by atoms with Crippen LogP contribution in [-0.2, 0) is 4.74 Å². The van der Waals surface area contributed by atoms with Crippen molar-refractivity contribution >= 4 is 0 Å². The monoisotopic (exact) mass is 202 g/mol. The third kappa shape index (κ3) is 1.95. The van der Waals surface area contributed by atoms with Gasteiger partial charge in [0.05, 0.1) is 17.8 Å². The molecule has 4 unspecified atom stereocenters. The maximum absolute atomic E-state index is 9.87. The summed E-state index contributed by atoms with van der Waals surface area (Å²) in [4.78, 5) is 0. The maximum atomic E-state index is 9.87. The van der Waals surface area contributed by atoms with Crippen LogP contribution in [0.2, 0.25) is 0 Å². The van der Waals surface area contributed by atoms with E-state index in [2.05, 4.69) is 13.8 Å². The zero-order valence-electron chi connectivity index (χ0n) is 9.69. The molecule has 0 aliphatic carbocycles. The van der Waals surface area contributed by atoms with Crippen molar-refractivity contribution in [1.29, 1.82) is 0 Å². The number of rotatable bonds is 1. The third-order valence-electron chi connectivity index (χ3n) is 3.19. The van der Waals surface area contributed by atoms with Crippen molar-refractivity contribution < 1.29 is 14.9 Å². The smallest absolute Gasteiger partial charge is 0.109 e. The zero-order valence-corrected chi connectivity index (χ0v) is 9.69.